The van der Waals surface area contributed by atoms with Crippen LogP contribution in [0.15, 0.2) is 23.1 Å². The van der Waals surface area contributed by atoms with E-state index in [-0.39, 0.29) is 0 Å². The third-order valence-electron chi connectivity index (χ3n) is 3.55. The van der Waals surface area contributed by atoms with E-state index in [4.69, 9.17) is 22.7 Å². The van der Waals surface area contributed by atoms with Gasteiger partial charge in [-0.05, 0) is 30.2 Å². The van der Waals surface area contributed by atoms with Gasteiger partial charge in [-0.3, -0.25) is 0 Å². The molecule has 0 aliphatic carbocycles. The van der Waals surface area contributed by atoms with Gasteiger partial charge in [-0.25, -0.2) is 0 Å². The lowest BCUT2D eigenvalue weighted by Gasteiger charge is -2.18. The Bertz CT molecular complexity index is 448. The maximum absolute atomic E-state index is 6.05. The van der Waals surface area contributed by atoms with Crippen LogP contribution in [0.5, 0.6) is 5.75 Å². The van der Waals surface area contributed by atoms with Gasteiger partial charge in [0.15, 0.2) is 0 Å². The van der Waals surface area contributed by atoms with E-state index in [1.54, 1.807) is 11.8 Å². The second-order valence-electron chi connectivity index (χ2n) is 5.15. The zero-order valence-corrected chi connectivity index (χ0v) is 15.0. The summed E-state index contributed by atoms with van der Waals surface area (Å²) in [5, 5.41) is 0. The monoisotopic (exact) mass is 325 g/mol. The number of rotatable bonds is 10. The van der Waals surface area contributed by atoms with Crippen molar-refractivity contribution in [3.05, 3.63) is 23.8 Å². The van der Waals surface area contributed by atoms with E-state index < -0.39 is 0 Å². The van der Waals surface area contributed by atoms with Gasteiger partial charge in [0.2, 0.25) is 0 Å². The zero-order chi connectivity index (χ0) is 15.7. The largest absolute Gasteiger partial charge is 0.493 e. The third-order valence-corrected chi connectivity index (χ3v) is 4.70. The number of thioether (sulfide) groups is 1. The van der Waals surface area contributed by atoms with Gasteiger partial charge >= 0.3 is 0 Å². The van der Waals surface area contributed by atoms with Crippen LogP contribution in [-0.4, -0.2) is 17.3 Å². The van der Waals surface area contributed by atoms with Crippen molar-refractivity contribution >= 4 is 29.0 Å². The first-order valence-corrected chi connectivity index (χ1v) is 9.21. The molecule has 0 saturated carbocycles. The van der Waals surface area contributed by atoms with Crippen molar-refractivity contribution in [2.24, 2.45) is 11.7 Å². The highest BCUT2D eigenvalue weighted by atomic mass is 32.2. The van der Waals surface area contributed by atoms with E-state index in [1.165, 1.54) is 19.3 Å². The van der Waals surface area contributed by atoms with Crippen LogP contribution < -0.4 is 10.5 Å². The molecule has 0 aliphatic rings. The summed E-state index contributed by atoms with van der Waals surface area (Å²) < 4.78 is 6.05. The molecule has 21 heavy (non-hydrogen) atoms. The van der Waals surface area contributed by atoms with Crippen LogP contribution in [0.2, 0.25) is 0 Å². The molecule has 0 radical (unpaired) electrons. The van der Waals surface area contributed by atoms with Gasteiger partial charge in [0, 0.05) is 4.90 Å². The number of hydrogen-bond donors (Lipinski definition) is 1. The predicted octanol–water partition coefficient (Wildman–Crippen LogP) is 5.03. The molecule has 0 saturated heterocycles. The van der Waals surface area contributed by atoms with Gasteiger partial charge in [0.1, 0.15) is 10.7 Å². The van der Waals surface area contributed by atoms with Crippen LogP contribution in [0.3, 0.4) is 0 Å². The molecule has 0 amide bonds. The summed E-state index contributed by atoms with van der Waals surface area (Å²) in [5.74, 6) is 2.43. The van der Waals surface area contributed by atoms with Crippen molar-refractivity contribution in [2.45, 2.75) is 51.3 Å². The minimum absolute atomic E-state index is 0.420. The molecule has 1 unspecified atom stereocenters. The molecule has 1 aromatic carbocycles. The van der Waals surface area contributed by atoms with E-state index in [0.717, 1.165) is 35.0 Å². The summed E-state index contributed by atoms with van der Waals surface area (Å²) in [5.41, 5.74) is 6.80. The first-order valence-electron chi connectivity index (χ1n) is 7.82. The highest BCUT2D eigenvalue weighted by Gasteiger charge is 2.14. The van der Waals surface area contributed by atoms with Crippen LogP contribution in [0, 0.1) is 5.92 Å². The second-order valence-corrected chi connectivity index (χ2v) is 6.90. The molecule has 4 heteroatoms. The number of hydrogen-bond acceptors (Lipinski definition) is 3. The van der Waals surface area contributed by atoms with Crippen LogP contribution in [0.25, 0.3) is 0 Å². The number of benzene rings is 1. The van der Waals surface area contributed by atoms with Gasteiger partial charge in [0.05, 0.1) is 12.2 Å². The second kappa shape index (κ2) is 10.1. The fourth-order valence-electron chi connectivity index (χ4n) is 2.26. The zero-order valence-electron chi connectivity index (χ0n) is 13.4. The lowest BCUT2D eigenvalue weighted by Crippen LogP contribution is -2.16. The SMILES string of the molecule is CCCCC(CC)COc1cccc(SCC)c1C(N)=S. The fourth-order valence-corrected chi connectivity index (χ4v) is 3.37. The van der Waals surface area contributed by atoms with Gasteiger partial charge < -0.3 is 10.5 Å². The summed E-state index contributed by atoms with van der Waals surface area (Å²) >= 11 is 6.96. The molecular formula is C17H27NOS2. The lowest BCUT2D eigenvalue weighted by atomic mass is 10.0. The average molecular weight is 326 g/mol. The summed E-state index contributed by atoms with van der Waals surface area (Å²) in [4.78, 5) is 1.53. The topological polar surface area (TPSA) is 35.2 Å². The molecular weight excluding hydrogens is 298 g/mol. The minimum Gasteiger partial charge on any atom is -0.493 e. The van der Waals surface area contributed by atoms with E-state index in [9.17, 15) is 0 Å². The molecule has 118 valence electrons. The van der Waals surface area contributed by atoms with Crippen molar-refractivity contribution < 1.29 is 4.74 Å². The van der Waals surface area contributed by atoms with E-state index >= 15 is 0 Å². The third kappa shape index (κ3) is 5.87. The number of ether oxygens (including phenoxy) is 1. The van der Waals surface area contributed by atoms with Crippen molar-refractivity contribution in [2.75, 3.05) is 12.4 Å². The molecule has 0 heterocycles. The van der Waals surface area contributed by atoms with Crippen molar-refractivity contribution in [3.8, 4) is 5.75 Å². The normalized spacial score (nSPS) is 12.1. The molecule has 0 bridgehead atoms. The Hall–Kier alpha value is -0.740. The highest BCUT2D eigenvalue weighted by Crippen LogP contribution is 2.30. The maximum Gasteiger partial charge on any atom is 0.130 e. The Morgan fingerprint density at radius 2 is 2.10 bits per heavy atom. The molecule has 2 nitrogen and oxygen atoms in total. The molecule has 0 aliphatic heterocycles. The predicted molar refractivity (Wildman–Crippen MR) is 97.5 cm³/mol. The van der Waals surface area contributed by atoms with Crippen LogP contribution in [-0.2, 0) is 0 Å². The molecule has 0 aromatic heterocycles. The Morgan fingerprint density at radius 1 is 1.33 bits per heavy atom. The number of thiocarbonyl (C=S) groups is 1. The quantitative estimate of drug-likeness (QED) is 0.483. The molecule has 2 N–H and O–H groups in total. The van der Waals surface area contributed by atoms with Gasteiger partial charge in [-0.15, -0.1) is 11.8 Å². The van der Waals surface area contributed by atoms with Crippen molar-refractivity contribution in [1.82, 2.24) is 0 Å². The van der Waals surface area contributed by atoms with E-state index in [1.807, 2.05) is 12.1 Å². The lowest BCUT2D eigenvalue weighted by molar-refractivity contribution is 0.232. The number of nitrogens with two attached hydrogens (primary N) is 1. The first kappa shape index (κ1) is 18.3. The van der Waals surface area contributed by atoms with Gasteiger partial charge in [-0.2, -0.15) is 0 Å². The van der Waals surface area contributed by atoms with Crippen LogP contribution >= 0.6 is 24.0 Å². The first-order chi connectivity index (χ1) is 10.1. The molecule has 1 atom stereocenters. The van der Waals surface area contributed by atoms with Crippen molar-refractivity contribution in [1.29, 1.82) is 0 Å². The van der Waals surface area contributed by atoms with Gasteiger partial charge in [0.25, 0.3) is 0 Å². The van der Waals surface area contributed by atoms with Crippen LogP contribution in [0.1, 0.15) is 52.0 Å². The summed E-state index contributed by atoms with van der Waals surface area (Å²) in [6.45, 7) is 7.32. The highest BCUT2D eigenvalue weighted by molar-refractivity contribution is 7.99. The van der Waals surface area contributed by atoms with E-state index in [0.29, 0.717) is 10.9 Å². The average Bonchev–Trinajstić information content (AvgIpc) is 2.47. The van der Waals surface area contributed by atoms with Crippen LogP contribution in [0.4, 0.5) is 0 Å². The molecule has 0 fully saturated rings. The summed E-state index contributed by atoms with van der Waals surface area (Å²) in [6.07, 6.45) is 4.86. The minimum atomic E-state index is 0.420. The maximum atomic E-state index is 6.05. The molecule has 1 rings (SSSR count). The Morgan fingerprint density at radius 3 is 2.67 bits per heavy atom. The van der Waals surface area contributed by atoms with E-state index in [2.05, 4.69) is 26.8 Å². The number of unbranched alkanes of at least 4 members (excludes halogenated alkanes) is 1. The Balaban J connectivity index is 2.82. The Kier molecular flexibility index (Phi) is 8.77. The standard InChI is InChI=1S/C17H27NOS2/c1-4-7-9-13(5-2)12-19-14-10-8-11-15(21-6-3)16(14)17(18)20/h8,10-11,13H,4-7,9,12H2,1-3H3,(H2,18,20). The summed E-state index contributed by atoms with van der Waals surface area (Å²) in [6, 6.07) is 6.05. The van der Waals surface area contributed by atoms with Gasteiger partial charge in [-0.1, -0.05) is 58.3 Å². The Labute approximate surface area is 138 Å². The molecule has 0 spiro atoms. The smallest absolute Gasteiger partial charge is 0.130 e. The fraction of sp³-hybridized carbons (Fsp3) is 0.588. The van der Waals surface area contributed by atoms with Crippen molar-refractivity contribution in [3.63, 3.8) is 0 Å². The molecule has 1 aromatic rings. The summed E-state index contributed by atoms with van der Waals surface area (Å²) in [7, 11) is 0.